The monoisotopic (exact) mass is 378 g/mol. The highest BCUT2D eigenvalue weighted by molar-refractivity contribution is 6.03. The molecule has 0 saturated carbocycles. The fourth-order valence-electron chi connectivity index (χ4n) is 3.23. The lowest BCUT2D eigenvalue weighted by atomic mass is 10.00. The van der Waals surface area contributed by atoms with Crippen LogP contribution in [0.25, 0.3) is 0 Å². The van der Waals surface area contributed by atoms with E-state index in [-0.39, 0.29) is 23.9 Å². The van der Waals surface area contributed by atoms with Crippen LogP contribution in [-0.4, -0.2) is 25.5 Å². The van der Waals surface area contributed by atoms with Gasteiger partial charge in [-0.15, -0.1) is 0 Å². The standard InChI is InChI=1S/C20H18N4O4/c25-14-8-6-13(7-9-14)15-10-16(23-22-15)17-18(26)21-20(28)24(19(17)27)11-12-4-2-1-3-5-12/h1-9,15,22,25,27H,10-11H2,(H,21,26,28). The van der Waals surface area contributed by atoms with Crippen LogP contribution in [0, 0.1) is 0 Å². The largest absolute Gasteiger partial charge is 0.508 e. The second-order valence-corrected chi connectivity index (χ2v) is 6.57. The van der Waals surface area contributed by atoms with E-state index in [1.807, 2.05) is 30.3 Å². The molecule has 8 heteroatoms. The topological polar surface area (TPSA) is 120 Å². The number of rotatable bonds is 4. The molecule has 2 aromatic carbocycles. The van der Waals surface area contributed by atoms with Gasteiger partial charge in [0.25, 0.3) is 5.56 Å². The van der Waals surface area contributed by atoms with Crippen molar-refractivity contribution in [1.29, 1.82) is 0 Å². The van der Waals surface area contributed by atoms with Crippen molar-refractivity contribution in [2.24, 2.45) is 5.10 Å². The molecule has 1 aliphatic rings. The van der Waals surface area contributed by atoms with Crippen LogP contribution in [0.4, 0.5) is 0 Å². The lowest BCUT2D eigenvalue weighted by Crippen LogP contribution is -2.34. The van der Waals surface area contributed by atoms with Gasteiger partial charge in [-0.3, -0.25) is 14.3 Å². The first-order valence-corrected chi connectivity index (χ1v) is 8.74. The predicted octanol–water partition coefficient (Wildman–Crippen LogP) is 1.43. The van der Waals surface area contributed by atoms with Gasteiger partial charge in [0.05, 0.1) is 18.3 Å². The normalized spacial score (nSPS) is 15.9. The summed E-state index contributed by atoms with van der Waals surface area (Å²) >= 11 is 0. The Balaban J connectivity index is 1.66. The minimum Gasteiger partial charge on any atom is -0.508 e. The number of aromatic hydroxyl groups is 2. The van der Waals surface area contributed by atoms with Crippen LogP contribution < -0.4 is 16.7 Å². The Kier molecular flexibility index (Phi) is 4.44. The molecule has 0 aliphatic carbocycles. The highest BCUT2D eigenvalue weighted by Gasteiger charge is 2.27. The van der Waals surface area contributed by atoms with E-state index >= 15 is 0 Å². The molecule has 1 aliphatic heterocycles. The fraction of sp³-hybridized carbons (Fsp3) is 0.150. The van der Waals surface area contributed by atoms with E-state index in [2.05, 4.69) is 15.5 Å². The van der Waals surface area contributed by atoms with Crippen molar-refractivity contribution in [3.63, 3.8) is 0 Å². The zero-order chi connectivity index (χ0) is 19.7. The molecule has 0 saturated heterocycles. The first kappa shape index (κ1) is 17.6. The second kappa shape index (κ2) is 7.07. The van der Waals surface area contributed by atoms with Crippen molar-refractivity contribution in [1.82, 2.24) is 15.0 Å². The van der Waals surface area contributed by atoms with Gasteiger partial charge < -0.3 is 15.6 Å². The summed E-state index contributed by atoms with van der Waals surface area (Å²) in [5.74, 6) is -0.255. The van der Waals surface area contributed by atoms with E-state index in [1.165, 1.54) is 0 Å². The summed E-state index contributed by atoms with van der Waals surface area (Å²) in [6, 6.07) is 15.6. The van der Waals surface area contributed by atoms with E-state index in [0.717, 1.165) is 15.7 Å². The highest BCUT2D eigenvalue weighted by atomic mass is 16.3. The maximum absolute atomic E-state index is 12.4. The van der Waals surface area contributed by atoms with Crippen molar-refractivity contribution in [3.8, 4) is 11.6 Å². The molecule has 3 aromatic rings. The van der Waals surface area contributed by atoms with Crippen molar-refractivity contribution >= 4 is 5.71 Å². The van der Waals surface area contributed by atoms with Gasteiger partial charge in [-0.2, -0.15) is 5.10 Å². The molecule has 142 valence electrons. The maximum Gasteiger partial charge on any atom is 0.331 e. The average Bonchev–Trinajstić information content (AvgIpc) is 3.16. The smallest absolute Gasteiger partial charge is 0.331 e. The molecular formula is C20H18N4O4. The SMILES string of the molecule is O=c1[nH]c(=O)n(Cc2ccccc2)c(O)c1C1=NNC(c2ccc(O)cc2)C1. The van der Waals surface area contributed by atoms with Crippen LogP contribution in [0.1, 0.15) is 29.2 Å². The molecule has 0 amide bonds. The van der Waals surface area contributed by atoms with Gasteiger partial charge in [-0.25, -0.2) is 4.79 Å². The zero-order valence-electron chi connectivity index (χ0n) is 14.8. The Labute approximate surface area is 159 Å². The van der Waals surface area contributed by atoms with E-state index in [1.54, 1.807) is 24.3 Å². The van der Waals surface area contributed by atoms with Crippen molar-refractivity contribution in [2.75, 3.05) is 0 Å². The lowest BCUT2D eigenvalue weighted by molar-refractivity contribution is 0.408. The number of nitrogens with zero attached hydrogens (tertiary/aromatic N) is 2. The molecule has 0 radical (unpaired) electrons. The van der Waals surface area contributed by atoms with Gasteiger partial charge in [-0.1, -0.05) is 42.5 Å². The fourth-order valence-corrected chi connectivity index (χ4v) is 3.23. The van der Waals surface area contributed by atoms with E-state index < -0.39 is 17.1 Å². The van der Waals surface area contributed by atoms with Gasteiger partial charge in [0, 0.05) is 6.42 Å². The molecule has 1 atom stereocenters. The number of phenolic OH excluding ortho intramolecular Hbond substituents is 1. The number of benzene rings is 2. The molecule has 8 nitrogen and oxygen atoms in total. The van der Waals surface area contributed by atoms with Crippen LogP contribution in [0.5, 0.6) is 11.6 Å². The predicted molar refractivity (Wildman–Crippen MR) is 104 cm³/mol. The molecule has 2 heterocycles. The number of H-pyrrole nitrogens is 1. The number of hydrazone groups is 1. The summed E-state index contributed by atoms with van der Waals surface area (Å²) in [6.45, 7) is 0.122. The Morgan fingerprint density at radius 2 is 1.75 bits per heavy atom. The molecule has 1 aromatic heterocycles. The Bertz CT molecular complexity index is 1150. The molecule has 0 spiro atoms. The summed E-state index contributed by atoms with van der Waals surface area (Å²) in [5, 5.41) is 24.3. The molecule has 4 N–H and O–H groups in total. The van der Waals surface area contributed by atoms with Gasteiger partial charge in [0.2, 0.25) is 5.88 Å². The minimum absolute atomic E-state index is 0.0238. The third-order valence-corrected chi connectivity index (χ3v) is 4.69. The number of hydrogen-bond acceptors (Lipinski definition) is 6. The Morgan fingerprint density at radius 1 is 1.04 bits per heavy atom. The van der Waals surface area contributed by atoms with Crippen LogP contribution in [-0.2, 0) is 6.54 Å². The van der Waals surface area contributed by atoms with Crippen molar-refractivity contribution < 1.29 is 10.2 Å². The van der Waals surface area contributed by atoms with Crippen LogP contribution >= 0.6 is 0 Å². The summed E-state index contributed by atoms with van der Waals surface area (Å²) in [4.78, 5) is 26.8. The van der Waals surface area contributed by atoms with Crippen molar-refractivity contribution in [2.45, 2.75) is 19.0 Å². The summed E-state index contributed by atoms with van der Waals surface area (Å²) in [6.07, 6.45) is 0.352. The number of aromatic nitrogens is 2. The highest BCUT2D eigenvalue weighted by Crippen LogP contribution is 2.27. The van der Waals surface area contributed by atoms with E-state index in [9.17, 15) is 19.8 Å². The van der Waals surface area contributed by atoms with Crippen LogP contribution in [0.15, 0.2) is 69.3 Å². The number of phenols is 1. The molecular weight excluding hydrogens is 360 g/mol. The van der Waals surface area contributed by atoms with Crippen LogP contribution in [0.3, 0.4) is 0 Å². The van der Waals surface area contributed by atoms with Gasteiger partial charge >= 0.3 is 5.69 Å². The first-order valence-electron chi connectivity index (χ1n) is 8.74. The zero-order valence-corrected chi connectivity index (χ0v) is 14.8. The van der Waals surface area contributed by atoms with Gasteiger partial charge in [0.1, 0.15) is 11.3 Å². The Hall–Kier alpha value is -3.81. The quantitative estimate of drug-likeness (QED) is 0.548. The van der Waals surface area contributed by atoms with Gasteiger partial charge in [-0.05, 0) is 23.3 Å². The summed E-state index contributed by atoms with van der Waals surface area (Å²) in [5.41, 5.74) is 3.60. The molecule has 28 heavy (non-hydrogen) atoms. The second-order valence-electron chi connectivity index (χ2n) is 6.57. The van der Waals surface area contributed by atoms with Crippen molar-refractivity contribution in [3.05, 3.63) is 92.1 Å². The first-order chi connectivity index (χ1) is 13.5. The van der Waals surface area contributed by atoms with Crippen LogP contribution in [0.2, 0.25) is 0 Å². The molecule has 4 rings (SSSR count). The number of hydrogen-bond donors (Lipinski definition) is 4. The number of nitrogens with one attached hydrogen (secondary N) is 2. The third kappa shape index (κ3) is 3.27. The molecule has 0 bridgehead atoms. The third-order valence-electron chi connectivity index (χ3n) is 4.69. The lowest BCUT2D eigenvalue weighted by Gasteiger charge is -2.12. The molecule has 0 fully saturated rings. The van der Waals surface area contributed by atoms with E-state index in [4.69, 9.17) is 0 Å². The maximum atomic E-state index is 12.4. The van der Waals surface area contributed by atoms with Gasteiger partial charge in [0.15, 0.2) is 0 Å². The minimum atomic E-state index is -0.684. The van der Waals surface area contributed by atoms with E-state index in [0.29, 0.717) is 12.1 Å². The molecule has 1 unspecified atom stereocenters. The number of aromatic amines is 1. The average molecular weight is 378 g/mol. The Morgan fingerprint density at radius 3 is 2.46 bits per heavy atom. The summed E-state index contributed by atoms with van der Waals surface area (Å²) < 4.78 is 1.11. The summed E-state index contributed by atoms with van der Waals surface area (Å²) in [7, 11) is 0.